The Kier molecular flexibility index (Phi) is 5.88. The molecule has 0 aliphatic carbocycles. The Hall–Kier alpha value is -0.350. The molecule has 0 saturated carbocycles. The second-order valence-corrected chi connectivity index (χ2v) is 5.48. The molecule has 0 saturated heterocycles. The standard InChI is InChI=1S/C12H17ClFNO.ClH/c1-12(2,3)11(16)10(15)7-4-8(13)6-9(14)5-7;/h4-6,10-11,16H,15H2,1-3H3;1H/t10-,11-;/m1./s1. The SMILES string of the molecule is CC(C)(C)[C@H](O)[C@H](N)c1cc(F)cc(Cl)c1.Cl. The van der Waals surface area contributed by atoms with E-state index in [4.69, 9.17) is 17.3 Å². The van der Waals surface area contributed by atoms with Crippen LogP contribution in [0.15, 0.2) is 18.2 Å². The summed E-state index contributed by atoms with van der Waals surface area (Å²) in [6.07, 6.45) is -0.759. The molecule has 0 fully saturated rings. The summed E-state index contributed by atoms with van der Waals surface area (Å²) in [4.78, 5) is 0. The molecule has 0 spiro atoms. The van der Waals surface area contributed by atoms with Crippen LogP contribution in [0.5, 0.6) is 0 Å². The number of halogens is 3. The van der Waals surface area contributed by atoms with Crippen LogP contribution in [0.1, 0.15) is 32.4 Å². The Morgan fingerprint density at radius 2 is 1.82 bits per heavy atom. The van der Waals surface area contributed by atoms with Crippen molar-refractivity contribution in [2.24, 2.45) is 11.1 Å². The average Bonchev–Trinajstić information content (AvgIpc) is 2.12. The molecule has 98 valence electrons. The van der Waals surface area contributed by atoms with Crippen LogP contribution in [-0.4, -0.2) is 11.2 Å². The second kappa shape index (κ2) is 6.01. The summed E-state index contributed by atoms with van der Waals surface area (Å²) < 4.78 is 13.1. The number of benzene rings is 1. The van der Waals surface area contributed by atoms with Gasteiger partial charge in [-0.05, 0) is 29.2 Å². The predicted octanol–water partition coefficient (Wildman–Crippen LogP) is 3.31. The average molecular weight is 282 g/mol. The van der Waals surface area contributed by atoms with Crippen molar-refractivity contribution in [2.45, 2.75) is 32.9 Å². The van der Waals surface area contributed by atoms with Crippen molar-refractivity contribution in [3.8, 4) is 0 Å². The first-order chi connectivity index (χ1) is 7.21. The zero-order valence-electron chi connectivity index (χ0n) is 10.1. The molecule has 1 aromatic rings. The van der Waals surface area contributed by atoms with Gasteiger partial charge in [-0.2, -0.15) is 0 Å². The van der Waals surface area contributed by atoms with Gasteiger partial charge in [-0.3, -0.25) is 0 Å². The molecule has 0 aliphatic heterocycles. The highest BCUT2D eigenvalue weighted by molar-refractivity contribution is 6.30. The third kappa shape index (κ3) is 4.43. The third-order valence-electron chi connectivity index (χ3n) is 2.50. The van der Waals surface area contributed by atoms with Gasteiger partial charge in [0.25, 0.3) is 0 Å². The van der Waals surface area contributed by atoms with Gasteiger partial charge in [-0.15, -0.1) is 12.4 Å². The topological polar surface area (TPSA) is 46.2 Å². The van der Waals surface area contributed by atoms with Crippen LogP contribution in [-0.2, 0) is 0 Å². The van der Waals surface area contributed by atoms with Gasteiger partial charge in [0.05, 0.1) is 12.1 Å². The lowest BCUT2D eigenvalue weighted by Crippen LogP contribution is -2.37. The number of aliphatic hydroxyl groups is 1. The van der Waals surface area contributed by atoms with E-state index in [1.807, 2.05) is 20.8 Å². The molecule has 2 atom stereocenters. The van der Waals surface area contributed by atoms with Crippen LogP contribution in [0.3, 0.4) is 0 Å². The molecule has 0 aromatic heterocycles. The molecule has 0 heterocycles. The smallest absolute Gasteiger partial charge is 0.125 e. The number of rotatable bonds is 2. The zero-order valence-corrected chi connectivity index (χ0v) is 11.6. The summed E-state index contributed by atoms with van der Waals surface area (Å²) in [5.41, 5.74) is 6.03. The fourth-order valence-corrected chi connectivity index (χ4v) is 1.72. The normalized spacial score (nSPS) is 15.0. The van der Waals surface area contributed by atoms with Gasteiger partial charge in [0.1, 0.15) is 5.82 Å². The van der Waals surface area contributed by atoms with Gasteiger partial charge < -0.3 is 10.8 Å². The molecule has 2 nitrogen and oxygen atoms in total. The Morgan fingerprint density at radius 3 is 2.24 bits per heavy atom. The molecule has 1 aromatic carbocycles. The van der Waals surface area contributed by atoms with Crippen LogP contribution in [0, 0.1) is 11.2 Å². The Labute approximate surface area is 112 Å². The zero-order chi connectivity index (χ0) is 12.5. The lowest BCUT2D eigenvalue weighted by atomic mass is 9.82. The number of hydrogen-bond acceptors (Lipinski definition) is 2. The van der Waals surface area contributed by atoms with E-state index < -0.39 is 18.0 Å². The second-order valence-electron chi connectivity index (χ2n) is 5.04. The van der Waals surface area contributed by atoms with Crippen molar-refractivity contribution >= 4 is 24.0 Å². The maximum atomic E-state index is 13.1. The first-order valence-corrected chi connectivity index (χ1v) is 5.49. The van der Waals surface area contributed by atoms with E-state index in [0.29, 0.717) is 5.56 Å². The van der Waals surface area contributed by atoms with E-state index in [2.05, 4.69) is 0 Å². The fraction of sp³-hybridized carbons (Fsp3) is 0.500. The van der Waals surface area contributed by atoms with Crippen molar-refractivity contribution in [2.75, 3.05) is 0 Å². The summed E-state index contributed by atoms with van der Waals surface area (Å²) in [7, 11) is 0. The molecular formula is C12H18Cl2FNO. The molecule has 3 N–H and O–H groups in total. The minimum Gasteiger partial charge on any atom is -0.391 e. The summed E-state index contributed by atoms with van der Waals surface area (Å²) in [5.74, 6) is -0.445. The van der Waals surface area contributed by atoms with E-state index in [1.165, 1.54) is 12.1 Å². The van der Waals surface area contributed by atoms with Crippen molar-refractivity contribution in [3.05, 3.63) is 34.6 Å². The molecular weight excluding hydrogens is 264 g/mol. The van der Waals surface area contributed by atoms with Gasteiger partial charge >= 0.3 is 0 Å². The van der Waals surface area contributed by atoms with E-state index in [1.54, 1.807) is 6.07 Å². The molecule has 5 heteroatoms. The summed E-state index contributed by atoms with van der Waals surface area (Å²) >= 11 is 5.74. The van der Waals surface area contributed by atoms with Gasteiger partial charge in [0.2, 0.25) is 0 Å². The monoisotopic (exact) mass is 281 g/mol. The summed E-state index contributed by atoms with van der Waals surface area (Å²) in [6, 6.07) is 3.44. The lowest BCUT2D eigenvalue weighted by Gasteiger charge is -2.31. The Bertz CT molecular complexity index is 359. The van der Waals surface area contributed by atoms with E-state index >= 15 is 0 Å². The van der Waals surface area contributed by atoms with Crippen molar-refractivity contribution < 1.29 is 9.50 Å². The van der Waals surface area contributed by atoms with Gasteiger partial charge in [-0.25, -0.2) is 4.39 Å². The number of aliphatic hydroxyl groups excluding tert-OH is 1. The molecule has 17 heavy (non-hydrogen) atoms. The first-order valence-electron chi connectivity index (χ1n) is 5.11. The van der Waals surface area contributed by atoms with Crippen molar-refractivity contribution in [1.82, 2.24) is 0 Å². The molecule has 0 amide bonds. The number of hydrogen-bond donors (Lipinski definition) is 2. The van der Waals surface area contributed by atoms with E-state index in [0.717, 1.165) is 0 Å². The predicted molar refractivity (Wildman–Crippen MR) is 71.0 cm³/mol. The van der Waals surface area contributed by atoms with Gasteiger partial charge in [-0.1, -0.05) is 32.4 Å². The summed E-state index contributed by atoms with van der Waals surface area (Å²) in [5, 5.41) is 10.3. The van der Waals surface area contributed by atoms with Gasteiger partial charge in [0, 0.05) is 5.02 Å². The highest BCUT2D eigenvalue weighted by Crippen LogP contribution is 2.29. The van der Waals surface area contributed by atoms with E-state index in [-0.39, 0.29) is 22.8 Å². The maximum Gasteiger partial charge on any atom is 0.125 e. The van der Waals surface area contributed by atoms with Crippen molar-refractivity contribution in [1.29, 1.82) is 0 Å². The highest BCUT2D eigenvalue weighted by atomic mass is 35.5. The van der Waals surface area contributed by atoms with E-state index in [9.17, 15) is 9.50 Å². The molecule has 0 bridgehead atoms. The summed E-state index contributed by atoms with van der Waals surface area (Å²) in [6.45, 7) is 5.62. The molecule has 1 rings (SSSR count). The number of nitrogens with two attached hydrogens (primary N) is 1. The Morgan fingerprint density at radius 1 is 1.29 bits per heavy atom. The van der Waals surface area contributed by atoms with Crippen molar-refractivity contribution in [3.63, 3.8) is 0 Å². The molecule has 0 unspecified atom stereocenters. The third-order valence-corrected chi connectivity index (χ3v) is 2.72. The van der Waals surface area contributed by atoms with Gasteiger partial charge in [0.15, 0.2) is 0 Å². The fourth-order valence-electron chi connectivity index (χ4n) is 1.49. The van der Waals surface area contributed by atoms with Crippen LogP contribution < -0.4 is 5.73 Å². The maximum absolute atomic E-state index is 13.1. The first kappa shape index (κ1) is 16.6. The van der Waals surface area contributed by atoms with Crippen LogP contribution >= 0.6 is 24.0 Å². The largest absolute Gasteiger partial charge is 0.391 e. The Balaban J connectivity index is 0.00000256. The molecule has 0 aliphatic rings. The highest BCUT2D eigenvalue weighted by Gasteiger charge is 2.29. The van der Waals surface area contributed by atoms with Crippen LogP contribution in [0.4, 0.5) is 4.39 Å². The van der Waals surface area contributed by atoms with Crippen LogP contribution in [0.25, 0.3) is 0 Å². The lowest BCUT2D eigenvalue weighted by molar-refractivity contribution is 0.0400. The molecule has 0 radical (unpaired) electrons. The van der Waals surface area contributed by atoms with Crippen LogP contribution in [0.2, 0.25) is 5.02 Å². The minimum atomic E-state index is -0.759. The quantitative estimate of drug-likeness (QED) is 0.874. The minimum absolute atomic E-state index is 0.